The molecule has 2 aromatic rings. The fourth-order valence-corrected chi connectivity index (χ4v) is 2.82. The Morgan fingerprint density at radius 2 is 1.95 bits per heavy atom. The number of nitrogen functional groups attached to an aromatic ring is 1. The van der Waals surface area contributed by atoms with Gasteiger partial charge in [-0.3, -0.25) is 0 Å². The predicted octanol–water partition coefficient (Wildman–Crippen LogP) is 2.27. The van der Waals surface area contributed by atoms with Gasteiger partial charge in [0, 0.05) is 25.4 Å². The topological polar surface area (TPSA) is 77.2 Å². The van der Waals surface area contributed by atoms with E-state index in [1.165, 1.54) is 11.1 Å². The third-order valence-electron chi connectivity index (χ3n) is 3.01. The van der Waals surface area contributed by atoms with E-state index in [0.29, 0.717) is 17.5 Å². The minimum atomic E-state index is 0.252. The molecule has 0 spiro atoms. The number of nitrogens with two attached hydrogens (primary N) is 1. The van der Waals surface area contributed by atoms with Crippen molar-refractivity contribution in [2.45, 2.75) is 18.4 Å². The summed E-state index contributed by atoms with van der Waals surface area (Å²) < 4.78 is 5.39. The number of ether oxygens (including phenoxy) is 1. The Kier molecular flexibility index (Phi) is 5.43. The van der Waals surface area contributed by atoms with Crippen LogP contribution in [0.15, 0.2) is 18.2 Å². The summed E-state index contributed by atoms with van der Waals surface area (Å²) in [5.74, 6) is 3.92. The molecule has 0 aliphatic carbocycles. The van der Waals surface area contributed by atoms with Crippen molar-refractivity contribution in [2.75, 3.05) is 31.8 Å². The highest BCUT2D eigenvalue weighted by Gasteiger charge is 2.08. The number of benzene rings is 1. The zero-order valence-corrected chi connectivity index (χ0v) is 14.1. The largest absolute Gasteiger partial charge is 0.496 e. The van der Waals surface area contributed by atoms with Crippen LogP contribution >= 0.6 is 11.8 Å². The van der Waals surface area contributed by atoms with Crippen LogP contribution in [0.5, 0.6) is 5.75 Å². The molecule has 22 heavy (non-hydrogen) atoms. The van der Waals surface area contributed by atoms with Gasteiger partial charge in [0.2, 0.25) is 11.9 Å². The summed E-state index contributed by atoms with van der Waals surface area (Å²) in [7, 11) is 5.45. The van der Waals surface area contributed by atoms with Crippen LogP contribution < -0.4 is 15.4 Å². The van der Waals surface area contributed by atoms with Crippen LogP contribution in [0.2, 0.25) is 0 Å². The Balaban J connectivity index is 2.04. The number of hydrogen-bond donors (Lipinski definition) is 1. The number of nitrogens with zero attached hydrogens (tertiary/aromatic N) is 4. The van der Waals surface area contributed by atoms with E-state index < -0.39 is 0 Å². The van der Waals surface area contributed by atoms with E-state index in [0.717, 1.165) is 11.5 Å². The van der Waals surface area contributed by atoms with Crippen LogP contribution in [0.3, 0.4) is 0 Å². The molecule has 1 aromatic carbocycles. The highest BCUT2D eigenvalue weighted by atomic mass is 32.2. The van der Waals surface area contributed by atoms with Gasteiger partial charge in [-0.1, -0.05) is 17.7 Å². The second-order valence-electron chi connectivity index (χ2n) is 5.11. The molecule has 7 heteroatoms. The first-order valence-electron chi connectivity index (χ1n) is 6.88. The van der Waals surface area contributed by atoms with E-state index in [-0.39, 0.29) is 5.95 Å². The first-order valence-corrected chi connectivity index (χ1v) is 8.04. The lowest BCUT2D eigenvalue weighted by atomic mass is 10.1. The number of thioether (sulfide) groups is 1. The number of methoxy groups -OCH3 is 1. The fraction of sp³-hybridized carbons (Fsp3) is 0.400. The average molecular weight is 319 g/mol. The van der Waals surface area contributed by atoms with Crippen molar-refractivity contribution in [1.29, 1.82) is 0 Å². The van der Waals surface area contributed by atoms with Crippen molar-refractivity contribution in [2.24, 2.45) is 0 Å². The SMILES string of the molecule is COc1ccc(C)cc1CSCc1nc(N)nc(N(C)C)n1. The maximum atomic E-state index is 5.73. The molecular formula is C15H21N5OS. The standard InChI is InChI=1S/C15H21N5OS/c1-10-5-6-12(21-4)11(7-10)8-22-9-13-17-14(16)19-15(18-13)20(2)3/h5-7H,8-9H2,1-4H3,(H2,16,17,18,19). The van der Waals surface area contributed by atoms with Gasteiger partial charge in [-0.25, -0.2) is 0 Å². The normalized spacial score (nSPS) is 10.5. The van der Waals surface area contributed by atoms with Crippen LogP contribution in [-0.2, 0) is 11.5 Å². The third kappa shape index (κ3) is 4.24. The zero-order valence-electron chi connectivity index (χ0n) is 13.3. The second kappa shape index (κ2) is 7.31. The summed E-state index contributed by atoms with van der Waals surface area (Å²) in [4.78, 5) is 14.5. The maximum absolute atomic E-state index is 5.73. The lowest BCUT2D eigenvalue weighted by Gasteiger charge is -2.12. The van der Waals surface area contributed by atoms with Crippen molar-refractivity contribution in [3.8, 4) is 5.75 Å². The smallest absolute Gasteiger partial charge is 0.229 e. The Morgan fingerprint density at radius 1 is 1.18 bits per heavy atom. The summed E-state index contributed by atoms with van der Waals surface area (Å²) in [6.45, 7) is 2.07. The average Bonchev–Trinajstić information content (AvgIpc) is 2.47. The third-order valence-corrected chi connectivity index (χ3v) is 3.99. The lowest BCUT2D eigenvalue weighted by Crippen LogP contribution is -2.15. The molecule has 0 radical (unpaired) electrons. The van der Waals surface area contributed by atoms with E-state index in [2.05, 4.69) is 27.9 Å². The van der Waals surface area contributed by atoms with Gasteiger partial charge in [-0.15, -0.1) is 11.8 Å². The highest BCUT2D eigenvalue weighted by molar-refractivity contribution is 7.97. The van der Waals surface area contributed by atoms with E-state index in [1.54, 1.807) is 18.9 Å². The first kappa shape index (κ1) is 16.4. The van der Waals surface area contributed by atoms with Gasteiger partial charge >= 0.3 is 0 Å². The molecule has 0 atom stereocenters. The summed E-state index contributed by atoms with van der Waals surface area (Å²) in [5.41, 5.74) is 8.11. The number of aromatic nitrogens is 3. The molecule has 0 unspecified atom stereocenters. The molecule has 0 aliphatic heterocycles. The minimum Gasteiger partial charge on any atom is -0.496 e. The molecule has 0 saturated carbocycles. The predicted molar refractivity (Wildman–Crippen MR) is 91.3 cm³/mol. The number of aryl methyl sites for hydroxylation is 1. The fourth-order valence-electron chi connectivity index (χ4n) is 1.96. The molecule has 118 valence electrons. The highest BCUT2D eigenvalue weighted by Crippen LogP contribution is 2.25. The van der Waals surface area contributed by atoms with Crippen molar-refractivity contribution in [1.82, 2.24) is 15.0 Å². The second-order valence-corrected chi connectivity index (χ2v) is 6.10. The minimum absolute atomic E-state index is 0.252. The molecule has 6 nitrogen and oxygen atoms in total. The molecule has 0 aliphatic rings. The van der Waals surface area contributed by atoms with Crippen molar-refractivity contribution >= 4 is 23.7 Å². The summed E-state index contributed by atoms with van der Waals surface area (Å²) in [6, 6.07) is 6.18. The number of hydrogen-bond acceptors (Lipinski definition) is 7. The molecule has 1 aromatic heterocycles. The van der Waals surface area contributed by atoms with Crippen LogP contribution in [0, 0.1) is 6.92 Å². The van der Waals surface area contributed by atoms with Gasteiger partial charge in [0.25, 0.3) is 0 Å². The molecule has 2 rings (SSSR count). The summed E-state index contributed by atoms with van der Waals surface area (Å²) in [6.07, 6.45) is 0. The quantitative estimate of drug-likeness (QED) is 0.875. The molecule has 2 N–H and O–H groups in total. The van der Waals surface area contributed by atoms with E-state index >= 15 is 0 Å². The van der Waals surface area contributed by atoms with Crippen LogP contribution in [0.4, 0.5) is 11.9 Å². The molecule has 1 heterocycles. The lowest BCUT2D eigenvalue weighted by molar-refractivity contribution is 0.411. The Hall–Kier alpha value is -2.02. The zero-order chi connectivity index (χ0) is 16.1. The van der Waals surface area contributed by atoms with Gasteiger partial charge in [0.05, 0.1) is 12.9 Å². The molecule has 0 fully saturated rings. The van der Waals surface area contributed by atoms with Crippen LogP contribution in [0.1, 0.15) is 17.0 Å². The van der Waals surface area contributed by atoms with Gasteiger partial charge in [-0.05, 0) is 13.0 Å². The van der Waals surface area contributed by atoms with Gasteiger partial charge in [-0.2, -0.15) is 15.0 Å². The number of anilines is 2. The molecule has 0 bridgehead atoms. The van der Waals surface area contributed by atoms with Gasteiger partial charge in [0.15, 0.2) is 0 Å². The Bertz CT molecular complexity index is 648. The maximum Gasteiger partial charge on any atom is 0.229 e. The van der Waals surface area contributed by atoms with Gasteiger partial charge < -0.3 is 15.4 Å². The molecule has 0 saturated heterocycles. The van der Waals surface area contributed by atoms with E-state index in [4.69, 9.17) is 10.5 Å². The summed E-state index contributed by atoms with van der Waals surface area (Å²) >= 11 is 1.72. The molecule has 0 amide bonds. The van der Waals surface area contributed by atoms with Gasteiger partial charge in [0.1, 0.15) is 11.6 Å². The van der Waals surface area contributed by atoms with Crippen molar-refractivity contribution < 1.29 is 4.74 Å². The Morgan fingerprint density at radius 3 is 2.64 bits per heavy atom. The van der Waals surface area contributed by atoms with E-state index in [1.807, 2.05) is 31.1 Å². The van der Waals surface area contributed by atoms with Crippen LogP contribution in [0.25, 0.3) is 0 Å². The van der Waals surface area contributed by atoms with Crippen LogP contribution in [-0.4, -0.2) is 36.2 Å². The van der Waals surface area contributed by atoms with Crippen molar-refractivity contribution in [3.63, 3.8) is 0 Å². The molecular weight excluding hydrogens is 298 g/mol. The summed E-state index contributed by atoms with van der Waals surface area (Å²) in [5, 5.41) is 0. The monoisotopic (exact) mass is 319 g/mol. The van der Waals surface area contributed by atoms with E-state index in [9.17, 15) is 0 Å². The first-order chi connectivity index (χ1) is 10.5. The Labute approximate surface area is 135 Å². The van der Waals surface area contributed by atoms with Crippen molar-refractivity contribution in [3.05, 3.63) is 35.2 Å². The number of rotatable bonds is 6.